The minimum Gasteiger partial charge on any atom is -0.367 e. The van der Waals surface area contributed by atoms with Crippen molar-refractivity contribution < 1.29 is 19.0 Å². The molecule has 7 rings (SSSR count). The van der Waals surface area contributed by atoms with Crippen molar-refractivity contribution >= 4 is 28.8 Å². The Bertz CT molecular complexity index is 1740. The number of carbonyl (C=O) groups excluding carboxylic acids is 1. The highest BCUT2D eigenvalue weighted by Crippen LogP contribution is 2.44. The van der Waals surface area contributed by atoms with E-state index in [1.54, 1.807) is 23.3 Å². The molecule has 238 valence electrons. The number of fused-ring (bicyclic) bond motifs is 2. The quantitative estimate of drug-likeness (QED) is 0.170. The Morgan fingerprint density at radius 1 is 0.978 bits per heavy atom. The highest BCUT2D eigenvalue weighted by atomic mass is 16.8. The summed E-state index contributed by atoms with van der Waals surface area (Å²) in [5.74, 6) is 0.586. The second-order valence-electron chi connectivity index (χ2n) is 11.8. The van der Waals surface area contributed by atoms with Gasteiger partial charge in [0, 0.05) is 31.4 Å². The SMILES string of the molecule is CCNC(=O)[C@H]1O[C@@H](n2cnc3c(NCC(c4ccccc4)c4ccccc4)nc(NCc4ncc[nH]4)nc32)[C@@H]2OC(C)(C)O[C@@H]21. The molecule has 46 heavy (non-hydrogen) atoms. The number of imidazole rings is 2. The van der Waals surface area contributed by atoms with Crippen molar-refractivity contribution in [2.24, 2.45) is 0 Å². The van der Waals surface area contributed by atoms with Crippen LogP contribution in [0, 0.1) is 0 Å². The summed E-state index contributed by atoms with van der Waals surface area (Å²) in [4.78, 5) is 34.9. The van der Waals surface area contributed by atoms with Gasteiger partial charge in [-0.1, -0.05) is 60.7 Å². The van der Waals surface area contributed by atoms with Gasteiger partial charge in [0.1, 0.15) is 18.0 Å². The number of hydrogen-bond donors (Lipinski definition) is 4. The number of benzene rings is 2. The van der Waals surface area contributed by atoms with Crippen LogP contribution in [0.25, 0.3) is 11.2 Å². The third-order valence-corrected chi connectivity index (χ3v) is 8.18. The summed E-state index contributed by atoms with van der Waals surface area (Å²) in [7, 11) is 0. The van der Waals surface area contributed by atoms with E-state index in [1.807, 2.05) is 57.2 Å². The molecule has 0 aliphatic carbocycles. The molecule has 5 heterocycles. The van der Waals surface area contributed by atoms with Crippen LogP contribution in [0.2, 0.25) is 0 Å². The number of rotatable bonds is 11. The van der Waals surface area contributed by atoms with Crippen LogP contribution in [0.1, 0.15) is 49.9 Å². The van der Waals surface area contributed by atoms with Crippen molar-refractivity contribution in [3.8, 4) is 0 Å². The fourth-order valence-electron chi connectivity index (χ4n) is 6.15. The van der Waals surface area contributed by atoms with Crippen LogP contribution in [-0.2, 0) is 25.5 Å². The van der Waals surface area contributed by atoms with E-state index in [0.717, 1.165) is 5.82 Å². The average Bonchev–Trinajstić information content (AvgIpc) is 3.85. The van der Waals surface area contributed by atoms with Gasteiger partial charge in [-0.2, -0.15) is 9.97 Å². The van der Waals surface area contributed by atoms with E-state index < -0.39 is 30.3 Å². The molecule has 13 heteroatoms. The molecule has 0 spiro atoms. The number of H-pyrrole nitrogens is 1. The molecule has 2 aromatic carbocycles. The second-order valence-corrected chi connectivity index (χ2v) is 11.8. The third-order valence-electron chi connectivity index (χ3n) is 8.18. The first-order chi connectivity index (χ1) is 22.4. The number of aromatic amines is 1. The first kappa shape index (κ1) is 29.8. The Morgan fingerprint density at radius 3 is 2.37 bits per heavy atom. The Hall–Kier alpha value is -4.85. The van der Waals surface area contributed by atoms with E-state index in [0.29, 0.717) is 42.6 Å². The van der Waals surface area contributed by atoms with Crippen molar-refractivity contribution in [1.29, 1.82) is 0 Å². The van der Waals surface area contributed by atoms with Gasteiger partial charge in [-0.25, -0.2) is 9.97 Å². The standard InChI is InChI=1S/C33H37N9O4/c1-4-34-30(43)26-25-27(46-33(2,3)45-25)31(44-26)42-19-39-24-28(40-32(41-29(24)42)38-18-23-35-15-16-36-23)37-17-22(20-11-7-5-8-12-20)21-13-9-6-10-14-21/h5-16,19,22,25-27,31H,4,17-18H2,1-3H3,(H,34,43)(H,35,36)(H2,37,38,40,41)/t25-,26+,27-,31-/m1/s1. The van der Waals surface area contributed by atoms with Gasteiger partial charge in [-0.05, 0) is 31.9 Å². The van der Waals surface area contributed by atoms with Crippen LogP contribution in [0.5, 0.6) is 0 Å². The van der Waals surface area contributed by atoms with Crippen molar-refractivity contribution in [3.63, 3.8) is 0 Å². The zero-order valence-corrected chi connectivity index (χ0v) is 25.9. The lowest BCUT2D eigenvalue weighted by Gasteiger charge is -2.24. The number of anilines is 2. The van der Waals surface area contributed by atoms with E-state index in [2.05, 4.69) is 50.2 Å². The first-order valence-corrected chi connectivity index (χ1v) is 15.5. The van der Waals surface area contributed by atoms with Gasteiger partial charge >= 0.3 is 0 Å². The molecule has 0 bridgehead atoms. The molecule has 13 nitrogen and oxygen atoms in total. The molecule has 1 amide bonds. The van der Waals surface area contributed by atoms with Crippen LogP contribution in [0.15, 0.2) is 79.4 Å². The normalized spacial score (nSPS) is 21.8. The minimum atomic E-state index is -0.889. The number of nitrogens with zero attached hydrogens (tertiary/aromatic N) is 5. The van der Waals surface area contributed by atoms with E-state index in [4.69, 9.17) is 29.2 Å². The Morgan fingerprint density at radius 2 is 1.70 bits per heavy atom. The van der Waals surface area contributed by atoms with Gasteiger partial charge in [0.25, 0.3) is 5.91 Å². The number of amides is 1. The molecular weight excluding hydrogens is 586 g/mol. The molecule has 3 aromatic heterocycles. The summed E-state index contributed by atoms with van der Waals surface area (Å²) in [6.45, 7) is 6.94. The topological polar surface area (TPSA) is 153 Å². The first-order valence-electron chi connectivity index (χ1n) is 15.5. The maximum atomic E-state index is 13.0. The molecule has 4 N–H and O–H groups in total. The van der Waals surface area contributed by atoms with E-state index in [1.165, 1.54) is 11.1 Å². The third kappa shape index (κ3) is 5.91. The Labute approximate surface area is 266 Å². The van der Waals surface area contributed by atoms with Crippen molar-refractivity contribution in [1.82, 2.24) is 34.8 Å². The lowest BCUT2D eigenvalue weighted by atomic mass is 9.91. The molecule has 2 aliphatic rings. The Kier molecular flexibility index (Phi) is 8.11. The zero-order chi connectivity index (χ0) is 31.7. The Balaban J connectivity index is 1.25. The summed E-state index contributed by atoms with van der Waals surface area (Å²) in [6.07, 6.45) is 2.38. The highest BCUT2D eigenvalue weighted by Gasteiger charge is 2.58. The number of nitrogens with one attached hydrogen (secondary N) is 4. The van der Waals surface area contributed by atoms with Crippen LogP contribution in [-0.4, -0.2) is 72.6 Å². The van der Waals surface area contributed by atoms with Crippen LogP contribution in [0.3, 0.4) is 0 Å². The smallest absolute Gasteiger partial charge is 0.252 e. The lowest BCUT2D eigenvalue weighted by Crippen LogP contribution is -2.42. The van der Waals surface area contributed by atoms with Crippen LogP contribution < -0.4 is 16.0 Å². The fraction of sp³-hybridized carbons (Fsp3) is 0.364. The van der Waals surface area contributed by atoms with E-state index in [-0.39, 0.29) is 11.8 Å². The van der Waals surface area contributed by atoms with Crippen LogP contribution in [0.4, 0.5) is 11.8 Å². The molecule has 0 radical (unpaired) electrons. The van der Waals surface area contributed by atoms with Gasteiger partial charge in [0.15, 0.2) is 35.1 Å². The van der Waals surface area contributed by atoms with Crippen molar-refractivity contribution in [2.45, 2.75) is 63.6 Å². The van der Waals surface area contributed by atoms with E-state index >= 15 is 0 Å². The summed E-state index contributed by atoms with van der Waals surface area (Å²) in [5.41, 5.74) is 3.43. The van der Waals surface area contributed by atoms with Gasteiger partial charge in [-0.15, -0.1) is 0 Å². The van der Waals surface area contributed by atoms with Crippen LogP contribution >= 0.6 is 0 Å². The maximum Gasteiger partial charge on any atom is 0.252 e. The number of carbonyl (C=O) groups is 1. The summed E-state index contributed by atoms with van der Waals surface area (Å²) in [6, 6.07) is 20.7. The van der Waals surface area contributed by atoms with Crippen molar-refractivity contribution in [2.75, 3.05) is 23.7 Å². The van der Waals surface area contributed by atoms with Crippen molar-refractivity contribution in [3.05, 3.63) is 96.3 Å². The van der Waals surface area contributed by atoms with Gasteiger partial charge in [0.2, 0.25) is 5.95 Å². The summed E-state index contributed by atoms with van der Waals surface area (Å²) < 4.78 is 20.6. The fourth-order valence-corrected chi connectivity index (χ4v) is 6.15. The number of likely N-dealkylation sites (N-methyl/N-ethyl adjacent to an activating group) is 1. The minimum absolute atomic E-state index is 0.0528. The second kappa shape index (κ2) is 12.5. The number of hydrogen-bond acceptors (Lipinski definition) is 10. The molecule has 2 saturated heterocycles. The molecule has 0 unspecified atom stereocenters. The summed E-state index contributed by atoms with van der Waals surface area (Å²) in [5, 5.41) is 9.71. The monoisotopic (exact) mass is 623 g/mol. The summed E-state index contributed by atoms with van der Waals surface area (Å²) >= 11 is 0. The predicted octanol–water partition coefficient (Wildman–Crippen LogP) is 3.96. The predicted molar refractivity (Wildman–Crippen MR) is 171 cm³/mol. The number of ether oxygens (including phenoxy) is 3. The zero-order valence-electron chi connectivity index (χ0n) is 25.9. The average molecular weight is 624 g/mol. The van der Waals surface area contributed by atoms with Gasteiger partial charge in [-0.3, -0.25) is 9.36 Å². The molecule has 2 aliphatic heterocycles. The lowest BCUT2D eigenvalue weighted by molar-refractivity contribution is -0.197. The number of aromatic nitrogens is 6. The maximum absolute atomic E-state index is 13.0. The van der Waals surface area contributed by atoms with E-state index in [9.17, 15) is 4.79 Å². The molecule has 5 aromatic rings. The largest absolute Gasteiger partial charge is 0.367 e. The molecular formula is C33H37N9O4. The molecule has 0 saturated carbocycles. The molecule has 2 fully saturated rings. The van der Waals surface area contributed by atoms with Gasteiger partial charge < -0.3 is 35.1 Å². The highest BCUT2D eigenvalue weighted by molar-refractivity contribution is 5.85. The van der Waals surface area contributed by atoms with Gasteiger partial charge in [0.05, 0.1) is 12.9 Å². The molecule has 4 atom stereocenters.